The van der Waals surface area contributed by atoms with Crippen molar-refractivity contribution >= 4 is 22.0 Å². The van der Waals surface area contributed by atoms with Crippen LogP contribution in [-0.2, 0) is 26.7 Å². The quantitative estimate of drug-likeness (QED) is 0.555. The number of nitrogens with zero attached hydrogens (tertiary/aromatic N) is 3. The Kier molecular flexibility index (Phi) is 6.11. The highest BCUT2D eigenvalue weighted by atomic mass is 32.2. The van der Waals surface area contributed by atoms with E-state index in [-0.39, 0.29) is 41.0 Å². The van der Waals surface area contributed by atoms with Gasteiger partial charge in [0.1, 0.15) is 6.54 Å². The number of hydrogen-bond donors (Lipinski definition) is 0. The summed E-state index contributed by atoms with van der Waals surface area (Å²) >= 11 is 0. The molecule has 1 saturated carbocycles. The van der Waals surface area contributed by atoms with Crippen molar-refractivity contribution in [1.82, 2.24) is 14.1 Å². The smallest absolute Gasteiger partial charge is 0.318 e. The Labute approximate surface area is 216 Å². The van der Waals surface area contributed by atoms with E-state index < -0.39 is 21.5 Å². The van der Waals surface area contributed by atoms with Gasteiger partial charge in [-0.2, -0.15) is 0 Å². The van der Waals surface area contributed by atoms with Crippen molar-refractivity contribution in [2.24, 2.45) is 16.7 Å². The summed E-state index contributed by atoms with van der Waals surface area (Å²) in [5.41, 5.74) is 1.87. The van der Waals surface area contributed by atoms with E-state index in [9.17, 15) is 18.0 Å². The molecular weight excluding hydrogens is 474 g/mol. The number of fused-ring (bicyclic) bond motifs is 2. The topological polar surface area (TPSA) is 78.0 Å². The van der Waals surface area contributed by atoms with Gasteiger partial charge in [-0.3, -0.25) is 9.69 Å². The Hall–Kier alpha value is -1.93. The van der Waals surface area contributed by atoms with Crippen molar-refractivity contribution in [3.05, 3.63) is 35.4 Å². The third kappa shape index (κ3) is 3.57. The maximum absolute atomic E-state index is 14.1. The standard InChI is InChI=1S/C28H41N3O4S/c1-6-28(23(17-20(2)26(28,3)4)31-24(32)18-29(5)25(31)33)19-36(34,35)30-15-13-27(14-16-30)12-11-21-9-7-8-10-22(21)27/h7-10,20,23H,6,11-19H2,1-5H3. The normalized spacial score (nSPS) is 32.0. The molecule has 3 amide bonds. The van der Waals surface area contributed by atoms with Crippen LogP contribution >= 0.6 is 0 Å². The molecule has 4 aliphatic rings. The van der Waals surface area contributed by atoms with Gasteiger partial charge in [-0.05, 0) is 66.4 Å². The third-order valence-electron chi connectivity index (χ3n) is 10.8. The lowest BCUT2D eigenvalue weighted by Crippen LogP contribution is -2.57. The number of imide groups is 1. The van der Waals surface area contributed by atoms with Gasteiger partial charge >= 0.3 is 6.03 Å². The molecule has 0 N–H and O–H groups in total. The van der Waals surface area contributed by atoms with Gasteiger partial charge in [0.2, 0.25) is 10.0 Å². The van der Waals surface area contributed by atoms with Crippen LogP contribution in [0.15, 0.2) is 24.3 Å². The second-order valence-electron chi connectivity index (χ2n) is 12.4. The van der Waals surface area contributed by atoms with Crippen LogP contribution in [0.25, 0.3) is 0 Å². The Bertz CT molecular complexity index is 1170. The fraction of sp³-hybridized carbons (Fsp3) is 0.714. The SMILES string of the molecule is CCC1(CS(=O)(=O)N2CCC3(CCc4ccccc43)CC2)C(N2C(=O)CN(C)C2=O)CC(C)C1(C)C. The summed E-state index contributed by atoms with van der Waals surface area (Å²) in [6, 6.07) is 7.92. The van der Waals surface area contributed by atoms with Crippen LogP contribution in [0, 0.1) is 16.7 Å². The van der Waals surface area contributed by atoms with Gasteiger partial charge < -0.3 is 4.90 Å². The van der Waals surface area contributed by atoms with Crippen LogP contribution < -0.4 is 0 Å². The number of likely N-dealkylation sites (N-methyl/N-ethyl adjacent to an activating group) is 1. The number of hydrogen-bond acceptors (Lipinski definition) is 4. The van der Waals surface area contributed by atoms with Gasteiger partial charge in [0.25, 0.3) is 5.91 Å². The molecule has 5 rings (SSSR count). The summed E-state index contributed by atoms with van der Waals surface area (Å²) in [7, 11) is -1.96. The Morgan fingerprint density at radius 1 is 1.06 bits per heavy atom. The van der Waals surface area contributed by atoms with Gasteiger partial charge in [-0.1, -0.05) is 52.0 Å². The summed E-state index contributed by atoms with van der Waals surface area (Å²) < 4.78 is 29.8. The molecule has 7 nitrogen and oxygen atoms in total. The molecule has 0 aromatic heterocycles. The lowest BCUT2D eigenvalue weighted by molar-refractivity contribution is -0.129. The lowest BCUT2D eigenvalue weighted by Gasteiger charge is -2.49. The number of piperidine rings is 1. The second kappa shape index (κ2) is 8.55. The molecule has 3 atom stereocenters. The predicted octanol–water partition coefficient (Wildman–Crippen LogP) is 4.02. The van der Waals surface area contributed by atoms with Gasteiger partial charge in [0.15, 0.2) is 0 Å². The molecule has 2 heterocycles. The van der Waals surface area contributed by atoms with E-state index in [2.05, 4.69) is 45.0 Å². The minimum Gasteiger partial charge on any atom is -0.318 e. The number of carbonyl (C=O) groups is 2. The highest BCUT2D eigenvalue weighted by Gasteiger charge is 2.63. The molecular formula is C28H41N3O4S. The molecule has 1 spiro atoms. The van der Waals surface area contributed by atoms with E-state index >= 15 is 0 Å². The van der Waals surface area contributed by atoms with Gasteiger partial charge in [-0.15, -0.1) is 0 Å². The van der Waals surface area contributed by atoms with Gasteiger partial charge in [0.05, 0.1) is 5.75 Å². The molecule has 3 fully saturated rings. The minimum absolute atomic E-state index is 0.0249. The van der Waals surface area contributed by atoms with Crippen molar-refractivity contribution in [2.75, 3.05) is 32.4 Å². The van der Waals surface area contributed by atoms with Gasteiger partial charge in [-0.25, -0.2) is 17.5 Å². The van der Waals surface area contributed by atoms with Crippen molar-refractivity contribution in [3.8, 4) is 0 Å². The number of sulfonamides is 1. The zero-order valence-corrected chi connectivity index (χ0v) is 23.2. The van der Waals surface area contributed by atoms with E-state index in [4.69, 9.17) is 0 Å². The molecule has 1 aromatic rings. The monoisotopic (exact) mass is 515 g/mol. The number of urea groups is 1. The first-order chi connectivity index (χ1) is 16.9. The molecule has 198 valence electrons. The lowest BCUT2D eigenvalue weighted by atomic mass is 9.63. The molecule has 0 radical (unpaired) electrons. The van der Waals surface area contributed by atoms with Crippen LogP contribution in [0.1, 0.15) is 70.9 Å². The fourth-order valence-corrected chi connectivity index (χ4v) is 10.4. The Balaban J connectivity index is 1.42. The molecule has 36 heavy (non-hydrogen) atoms. The maximum atomic E-state index is 14.1. The van der Waals surface area contributed by atoms with E-state index in [1.165, 1.54) is 20.9 Å². The van der Waals surface area contributed by atoms with Gasteiger partial charge in [0, 0.05) is 31.6 Å². The second-order valence-corrected chi connectivity index (χ2v) is 14.3. The number of benzene rings is 1. The number of carbonyl (C=O) groups excluding carboxylic acids is 2. The van der Waals surface area contributed by atoms with E-state index in [0.29, 0.717) is 25.9 Å². The minimum atomic E-state index is -3.60. The molecule has 1 aromatic carbocycles. The van der Waals surface area contributed by atoms with Crippen LogP contribution in [0.3, 0.4) is 0 Å². The first kappa shape index (κ1) is 25.7. The summed E-state index contributed by atoms with van der Waals surface area (Å²) in [5.74, 6) is -0.0562. The van der Waals surface area contributed by atoms with Crippen LogP contribution in [-0.4, -0.2) is 72.9 Å². The van der Waals surface area contributed by atoms with Crippen molar-refractivity contribution in [2.45, 2.75) is 77.7 Å². The van der Waals surface area contributed by atoms with Crippen LogP contribution in [0.5, 0.6) is 0 Å². The predicted molar refractivity (Wildman–Crippen MR) is 140 cm³/mol. The van der Waals surface area contributed by atoms with Crippen molar-refractivity contribution in [1.29, 1.82) is 0 Å². The molecule has 0 bridgehead atoms. The first-order valence-electron chi connectivity index (χ1n) is 13.5. The fourth-order valence-electron chi connectivity index (χ4n) is 8.04. The summed E-state index contributed by atoms with van der Waals surface area (Å²) in [5, 5.41) is 0. The number of amides is 3. The van der Waals surface area contributed by atoms with E-state index in [1.807, 2.05) is 6.92 Å². The number of rotatable bonds is 5. The average molecular weight is 516 g/mol. The van der Waals surface area contributed by atoms with Crippen molar-refractivity contribution < 1.29 is 18.0 Å². The van der Waals surface area contributed by atoms with Crippen LogP contribution in [0.4, 0.5) is 4.79 Å². The molecule has 2 aliphatic carbocycles. The third-order valence-corrected chi connectivity index (χ3v) is 12.9. The van der Waals surface area contributed by atoms with Crippen molar-refractivity contribution in [3.63, 3.8) is 0 Å². The van der Waals surface area contributed by atoms with Crippen LogP contribution in [0.2, 0.25) is 0 Å². The highest BCUT2D eigenvalue weighted by molar-refractivity contribution is 7.89. The Morgan fingerprint density at radius 3 is 2.33 bits per heavy atom. The molecule has 2 aliphatic heterocycles. The average Bonchev–Trinajstić information content (AvgIpc) is 3.38. The summed E-state index contributed by atoms with van der Waals surface area (Å²) in [6.45, 7) is 9.54. The molecule has 3 unspecified atom stereocenters. The largest absolute Gasteiger partial charge is 0.327 e. The molecule has 2 saturated heterocycles. The zero-order valence-electron chi connectivity index (χ0n) is 22.4. The van der Waals surface area contributed by atoms with E-state index in [1.54, 1.807) is 11.4 Å². The van der Waals surface area contributed by atoms with E-state index in [0.717, 1.165) is 25.7 Å². The summed E-state index contributed by atoms with van der Waals surface area (Å²) in [6.07, 6.45) is 5.10. The Morgan fingerprint density at radius 2 is 1.72 bits per heavy atom. The zero-order chi connectivity index (χ0) is 26.1. The first-order valence-corrected chi connectivity index (χ1v) is 15.1. The summed E-state index contributed by atoms with van der Waals surface area (Å²) in [4.78, 5) is 28.8. The number of aryl methyl sites for hydroxylation is 1. The highest BCUT2D eigenvalue weighted by Crippen LogP contribution is 2.60. The maximum Gasteiger partial charge on any atom is 0.327 e. The molecule has 8 heteroatoms.